The number of carbonyl (C=O) groups excluding carboxylic acids is 1. The maximum absolute atomic E-state index is 13.0. The molecule has 1 aliphatic carbocycles. The average molecular weight is 338 g/mol. The summed E-state index contributed by atoms with van der Waals surface area (Å²) < 4.78 is 2.03. The summed E-state index contributed by atoms with van der Waals surface area (Å²) in [5.41, 5.74) is 1.05. The zero-order valence-electron chi connectivity index (χ0n) is 14.7. The third-order valence-corrected chi connectivity index (χ3v) is 5.67. The van der Waals surface area contributed by atoms with E-state index >= 15 is 0 Å². The van der Waals surface area contributed by atoms with Gasteiger partial charge >= 0.3 is 0 Å². The van der Waals surface area contributed by atoms with Gasteiger partial charge in [0.25, 0.3) is 0 Å². The van der Waals surface area contributed by atoms with Crippen LogP contribution in [-0.2, 0) is 4.79 Å². The molecule has 0 bridgehead atoms. The number of rotatable bonds is 4. The Labute approximate surface area is 149 Å². The number of likely N-dealkylation sites (tertiary alicyclic amines) is 1. The number of hydrogen-bond acceptors (Lipinski definition) is 3. The monoisotopic (exact) mass is 338 g/mol. The molecule has 2 aromatic rings. The topological polar surface area (TPSA) is 51.0 Å². The molecule has 2 heterocycles. The van der Waals surface area contributed by atoms with Crippen LogP contribution in [0.3, 0.4) is 0 Å². The van der Waals surface area contributed by atoms with Gasteiger partial charge in [-0.3, -0.25) is 9.36 Å². The molecule has 0 radical (unpaired) electrons. The van der Waals surface area contributed by atoms with Crippen molar-refractivity contribution in [1.82, 2.24) is 19.7 Å². The fraction of sp³-hybridized carbons (Fsp3) is 0.550. The highest BCUT2D eigenvalue weighted by atomic mass is 16.2. The third kappa shape index (κ3) is 3.46. The summed E-state index contributed by atoms with van der Waals surface area (Å²) >= 11 is 0. The maximum Gasteiger partial charge on any atom is 0.223 e. The van der Waals surface area contributed by atoms with Gasteiger partial charge in [-0.25, -0.2) is 0 Å². The van der Waals surface area contributed by atoms with Crippen LogP contribution in [-0.4, -0.2) is 32.1 Å². The number of carbonyl (C=O) groups is 1. The molecular formula is C20H26N4O. The van der Waals surface area contributed by atoms with Crippen molar-refractivity contribution in [2.75, 3.05) is 6.54 Å². The quantitative estimate of drug-likeness (QED) is 0.849. The fourth-order valence-electron chi connectivity index (χ4n) is 4.34. The van der Waals surface area contributed by atoms with Gasteiger partial charge in [-0.15, -0.1) is 10.2 Å². The van der Waals surface area contributed by atoms with Gasteiger partial charge in [-0.05, 0) is 50.2 Å². The third-order valence-electron chi connectivity index (χ3n) is 5.67. The summed E-state index contributed by atoms with van der Waals surface area (Å²) in [6, 6.07) is 10.2. The number of amides is 1. The molecule has 1 amide bonds. The molecule has 1 unspecified atom stereocenters. The molecule has 1 aromatic carbocycles. The molecule has 25 heavy (non-hydrogen) atoms. The summed E-state index contributed by atoms with van der Waals surface area (Å²) in [5.74, 6) is 1.78. The van der Waals surface area contributed by atoms with E-state index < -0.39 is 0 Å². The highest BCUT2D eigenvalue weighted by Crippen LogP contribution is 2.34. The van der Waals surface area contributed by atoms with E-state index in [1.165, 1.54) is 25.7 Å². The standard InChI is InChI=1S/C20H26N4O/c25-19(14-16-8-4-5-9-16)23-13-7-6-12-18(23)20-22-21-15-24(20)17-10-2-1-3-11-17/h1-3,10-11,15-16,18H,4-9,12-14H2. The zero-order valence-corrected chi connectivity index (χ0v) is 14.7. The molecule has 0 spiro atoms. The molecule has 1 saturated heterocycles. The molecule has 4 rings (SSSR count). The lowest BCUT2D eigenvalue weighted by atomic mass is 9.97. The first-order valence-electron chi connectivity index (χ1n) is 9.58. The van der Waals surface area contributed by atoms with E-state index in [1.54, 1.807) is 6.33 Å². The first-order chi connectivity index (χ1) is 12.3. The molecule has 1 aromatic heterocycles. The first kappa shape index (κ1) is 16.3. The summed E-state index contributed by atoms with van der Waals surface area (Å²) in [6.45, 7) is 0.845. The van der Waals surface area contributed by atoms with E-state index in [1.807, 2.05) is 22.8 Å². The SMILES string of the molecule is O=C(CC1CCCC1)N1CCCCC1c1nncn1-c1ccccc1. The van der Waals surface area contributed by atoms with Crippen LogP contribution in [0, 0.1) is 5.92 Å². The Hall–Kier alpha value is -2.17. The number of hydrogen-bond donors (Lipinski definition) is 0. The lowest BCUT2D eigenvalue weighted by Crippen LogP contribution is -2.40. The van der Waals surface area contributed by atoms with Crippen LogP contribution in [0.25, 0.3) is 5.69 Å². The van der Waals surface area contributed by atoms with E-state index in [0.717, 1.165) is 37.3 Å². The van der Waals surface area contributed by atoms with Crippen molar-refractivity contribution in [3.05, 3.63) is 42.5 Å². The number of nitrogens with zero attached hydrogens (tertiary/aromatic N) is 4. The van der Waals surface area contributed by atoms with E-state index in [0.29, 0.717) is 18.2 Å². The van der Waals surface area contributed by atoms with Crippen LogP contribution in [0.15, 0.2) is 36.7 Å². The van der Waals surface area contributed by atoms with Gasteiger partial charge in [0, 0.05) is 18.7 Å². The highest BCUT2D eigenvalue weighted by molar-refractivity contribution is 5.77. The van der Waals surface area contributed by atoms with Crippen molar-refractivity contribution < 1.29 is 4.79 Å². The van der Waals surface area contributed by atoms with E-state index in [-0.39, 0.29) is 6.04 Å². The molecule has 0 N–H and O–H groups in total. The van der Waals surface area contributed by atoms with Gasteiger partial charge in [-0.1, -0.05) is 31.0 Å². The fourth-order valence-corrected chi connectivity index (χ4v) is 4.34. The van der Waals surface area contributed by atoms with Crippen molar-refractivity contribution in [2.45, 2.75) is 57.4 Å². The lowest BCUT2D eigenvalue weighted by molar-refractivity contribution is -0.136. The Bertz CT molecular complexity index is 705. The Morgan fingerprint density at radius 3 is 2.60 bits per heavy atom. The number of para-hydroxylation sites is 1. The van der Waals surface area contributed by atoms with Crippen molar-refractivity contribution in [3.63, 3.8) is 0 Å². The van der Waals surface area contributed by atoms with E-state index in [9.17, 15) is 4.79 Å². The maximum atomic E-state index is 13.0. The van der Waals surface area contributed by atoms with Crippen LogP contribution < -0.4 is 0 Å². The molecule has 5 heteroatoms. The molecular weight excluding hydrogens is 312 g/mol. The van der Waals surface area contributed by atoms with Crippen molar-refractivity contribution in [2.24, 2.45) is 5.92 Å². The second-order valence-corrected chi connectivity index (χ2v) is 7.35. The van der Waals surface area contributed by atoms with Gasteiger partial charge < -0.3 is 4.90 Å². The van der Waals surface area contributed by atoms with Gasteiger partial charge in [0.15, 0.2) is 5.82 Å². The van der Waals surface area contributed by atoms with Crippen LogP contribution in [0.2, 0.25) is 0 Å². The van der Waals surface area contributed by atoms with Gasteiger partial charge in [0.05, 0.1) is 6.04 Å². The molecule has 5 nitrogen and oxygen atoms in total. The van der Waals surface area contributed by atoms with E-state index in [4.69, 9.17) is 0 Å². The molecule has 1 saturated carbocycles. The van der Waals surface area contributed by atoms with E-state index in [2.05, 4.69) is 27.2 Å². The van der Waals surface area contributed by atoms with Crippen LogP contribution in [0.4, 0.5) is 0 Å². The summed E-state index contributed by atoms with van der Waals surface area (Å²) in [7, 11) is 0. The van der Waals surface area contributed by atoms with Gasteiger partial charge in [-0.2, -0.15) is 0 Å². The van der Waals surface area contributed by atoms with Crippen LogP contribution in [0.5, 0.6) is 0 Å². The predicted octanol–water partition coefficient (Wildman–Crippen LogP) is 3.90. The minimum atomic E-state index is 0.0466. The van der Waals surface area contributed by atoms with Gasteiger partial charge in [0.2, 0.25) is 5.91 Å². The van der Waals surface area contributed by atoms with Crippen molar-refractivity contribution in [1.29, 1.82) is 0 Å². The Morgan fingerprint density at radius 1 is 1.04 bits per heavy atom. The second kappa shape index (κ2) is 7.38. The minimum Gasteiger partial charge on any atom is -0.332 e. The minimum absolute atomic E-state index is 0.0466. The van der Waals surface area contributed by atoms with Crippen LogP contribution >= 0.6 is 0 Å². The smallest absolute Gasteiger partial charge is 0.223 e. The zero-order chi connectivity index (χ0) is 17.1. The average Bonchev–Trinajstić information content (AvgIpc) is 3.34. The largest absolute Gasteiger partial charge is 0.332 e. The predicted molar refractivity (Wildman–Crippen MR) is 96.2 cm³/mol. The number of aromatic nitrogens is 3. The molecule has 1 aliphatic heterocycles. The number of benzene rings is 1. The Morgan fingerprint density at radius 2 is 1.80 bits per heavy atom. The molecule has 132 valence electrons. The molecule has 2 fully saturated rings. The first-order valence-corrected chi connectivity index (χ1v) is 9.58. The lowest BCUT2D eigenvalue weighted by Gasteiger charge is -2.35. The highest BCUT2D eigenvalue weighted by Gasteiger charge is 2.33. The van der Waals surface area contributed by atoms with Gasteiger partial charge in [0.1, 0.15) is 6.33 Å². The van der Waals surface area contributed by atoms with Crippen LogP contribution in [0.1, 0.15) is 63.2 Å². The van der Waals surface area contributed by atoms with Crippen molar-refractivity contribution in [3.8, 4) is 5.69 Å². The molecule has 1 atom stereocenters. The Kier molecular flexibility index (Phi) is 4.81. The Balaban J connectivity index is 1.57. The number of piperidine rings is 1. The molecule has 2 aliphatic rings. The normalized spacial score (nSPS) is 21.6. The summed E-state index contributed by atoms with van der Waals surface area (Å²) in [5, 5.41) is 8.55. The summed E-state index contributed by atoms with van der Waals surface area (Å²) in [4.78, 5) is 15.1. The summed E-state index contributed by atoms with van der Waals surface area (Å²) in [6.07, 6.45) is 10.7. The second-order valence-electron chi connectivity index (χ2n) is 7.35. The van der Waals surface area contributed by atoms with Crippen molar-refractivity contribution >= 4 is 5.91 Å².